The summed E-state index contributed by atoms with van der Waals surface area (Å²) in [5.74, 6) is 0.0503. The van der Waals surface area contributed by atoms with Crippen LogP contribution in [0.4, 0.5) is 0 Å². The quantitative estimate of drug-likeness (QED) is 0.430. The number of carbonyl (C=O) groups is 1. The SMILES string of the molecule is CCn1c(-c2nc(C(=O)N3CCN(CCc4ccccc4)CC3)cs2)cc2ccccc21. The van der Waals surface area contributed by atoms with E-state index in [1.54, 1.807) is 11.3 Å². The number of hydrogen-bond donors (Lipinski definition) is 0. The third-order valence-electron chi connectivity index (χ3n) is 6.29. The number of aromatic nitrogens is 2. The number of para-hydroxylation sites is 1. The van der Waals surface area contributed by atoms with Crippen molar-refractivity contribution < 1.29 is 4.79 Å². The molecule has 4 aromatic rings. The second kappa shape index (κ2) is 9.27. The molecule has 32 heavy (non-hydrogen) atoms. The van der Waals surface area contributed by atoms with Crippen molar-refractivity contribution in [2.75, 3.05) is 32.7 Å². The topological polar surface area (TPSA) is 41.4 Å². The molecule has 0 aliphatic carbocycles. The highest BCUT2D eigenvalue weighted by molar-refractivity contribution is 7.13. The monoisotopic (exact) mass is 444 g/mol. The fraction of sp³-hybridized carbons (Fsp3) is 0.308. The van der Waals surface area contributed by atoms with Gasteiger partial charge in [0.05, 0.1) is 5.69 Å². The highest BCUT2D eigenvalue weighted by Gasteiger charge is 2.24. The van der Waals surface area contributed by atoms with Gasteiger partial charge in [0, 0.05) is 55.6 Å². The molecule has 6 heteroatoms. The van der Waals surface area contributed by atoms with Crippen LogP contribution in [-0.4, -0.2) is 58.0 Å². The number of amides is 1. The first-order valence-corrected chi connectivity index (χ1v) is 12.2. The number of rotatable bonds is 6. The zero-order valence-electron chi connectivity index (χ0n) is 18.4. The lowest BCUT2D eigenvalue weighted by molar-refractivity contribution is 0.0633. The fourth-order valence-electron chi connectivity index (χ4n) is 4.49. The molecule has 0 bridgehead atoms. The van der Waals surface area contributed by atoms with E-state index >= 15 is 0 Å². The van der Waals surface area contributed by atoms with E-state index in [4.69, 9.17) is 4.98 Å². The Hall–Kier alpha value is -2.96. The molecule has 2 aromatic heterocycles. The van der Waals surface area contributed by atoms with E-state index in [1.807, 2.05) is 10.3 Å². The normalized spacial score (nSPS) is 14.8. The van der Waals surface area contributed by atoms with Gasteiger partial charge in [0.15, 0.2) is 0 Å². The van der Waals surface area contributed by atoms with Gasteiger partial charge in [-0.05, 0) is 31.0 Å². The molecule has 0 unspecified atom stereocenters. The predicted molar refractivity (Wildman–Crippen MR) is 131 cm³/mol. The molecule has 5 rings (SSSR count). The highest BCUT2D eigenvalue weighted by atomic mass is 32.1. The molecule has 1 aliphatic heterocycles. The van der Waals surface area contributed by atoms with Crippen molar-refractivity contribution in [3.63, 3.8) is 0 Å². The molecule has 164 valence electrons. The largest absolute Gasteiger partial charge is 0.339 e. The zero-order chi connectivity index (χ0) is 21.9. The van der Waals surface area contributed by atoms with Crippen molar-refractivity contribution in [2.24, 2.45) is 0 Å². The minimum atomic E-state index is 0.0503. The summed E-state index contributed by atoms with van der Waals surface area (Å²) < 4.78 is 2.27. The predicted octanol–water partition coefficient (Wildman–Crippen LogP) is 4.79. The Morgan fingerprint density at radius 2 is 1.75 bits per heavy atom. The Morgan fingerprint density at radius 1 is 1.00 bits per heavy atom. The van der Waals surface area contributed by atoms with Crippen molar-refractivity contribution in [1.29, 1.82) is 0 Å². The van der Waals surface area contributed by atoms with Gasteiger partial charge >= 0.3 is 0 Å². The Bertz CT molecular complexity index is 1210. The van der Waals surface area contributed by atoms with Crippen molar-refractivity contribution in [3.05, 3.63) is 77.3 Å². The van der Waals surface area contributed by atoms with Gasteiger partial charge in [-0.25, -0.2) is 4.98 Å². The summed E-state index contributed by atoms with van der Waals surface area (Å²) in [6.45, 7) is 7.41. The lowest BCUT2D eigenvalue weighted by atomic mass is 10.1. The second-order valence-corrected chi connectivity index (χ2v) is 9.10. The molecule has 3 heterocycles. The maximum Gasteiger partial charge on any atom is 0.273 e. The average Bonchev–Trinajstić information content (AvgIpc) is 3.48. The van der Waals surface area contributed by atoms with Crippen molar-refractivity contribution >= 4 is 28.1 Å². The first kappa shape index (κ1) is 20.9. The number of piperazine rings is 1. The third kappa shape index (κ3) is 4.20. The van der Waals surface area contributed by atoms with Crippen LogP contribution in [0.3, 0.4) is 0 Å². The maximum atomic E-state index is 13.1. The third-order valence-corrected chi connectivity index (χ3v) is 7.15. The van der Waals surface area contributed by atoms with Gasteiger partial charge in [-0.1, -0.05) is 48.5 Å². The van der Waals surface area contributed by atoms with Gasteiger partial charge < -0.3 is 9.47 Å². The first-order chi connectivity index (χ1) is 15.7. The van der Waals surface area contributed by atoms with Crippen LogP contribution in [0.1, 0.15) is 23.0 Å². The maximum absolute atomic E-state index is 13.1. The first-order valence-electron chi connectivity index (χ1n) is 11.3. The molecule has 1 aliphatic rings. The Labute approximate surface area is 192 Å². The minimum absolute atomic E-state index is 0.0503. The number of carbonyl (C=O) groups excluding carboxylic acids is 1. The summed E-state index contributed by atoms with van der Waals surface area (Å²) in [6, 6.07) is 21.2. The van der Waals surface area contributed by atoms with Crippen LogP contribution in [0.5, 0.6) is 0 Å². The summed E-state index contributed by atoms with van der Waals surface area (Å²) in [7, 11) is 0. The minimum Gasteiger partial charge on any atom is -0.339 e. The van der Waals surface area contributed by atoms with Gasteiger partial charge in [-0.15, -0.1) is 11.3 Å². The van der Waals surface area contributed by atoms with Crippen molar-refractivity contribution in [2.45, 2.75) is 19.9 Å². The zero-order valence-corrected chi connectivity index (χ0v) is 19.2. The molecule has 0 atom stereocenters. The van der Waals surface area contributed by atoms with E-state index in [-0.39, 0.29) is 5.91 Å². The number of benzene rings is 2. The molecular weight excluding hydrogens is 416 g/mol. The number of hydrogen-bond acceptors (Lipinski definition) is 4. The van der Waals surface area contributed by atoms with Gasteiger partial charge in [0.2, 0.25) is 0 Å². The molecule has 1 amide bonds. The van der Waals surface area contributed by atoms with E-state index < -0.39 is 0 Å². The molecule has 2 aromatic carbocycles. The fourth-order valence-corrected chi connectivity index (χ4v) is 5.30. The Kier molecular flexibility index (Phi) is 6.06. The molecule has 1 fully saturated rings. The van der Waals surface area contributed by atoms with Gasteiger partial charge in [-0.2, -0.15) is 0 Å². The van der Waals surface area contributed by atoms with Gasteiger partial charge in [-0.3, -0.25) is 9.69 Å². The van der Waals surface area contributed by atoms with E-state index in [1.165, 1.54) is 16.5 Å². The van der Waals surface area contributed by atoms with Crippen molar-refractivity contribution in [1.82, 2.24) is 19.4 Å². The molecule has 0 radical (unpaired) electrons. The van der Waals surface area contributed by atoms with E-state index in [0.717, 1.165) is 56.4 Å². The number of aryl methyl sites for hydroxylation is 1. The second-order valence-electron chi connectivity index (χ2n) is 8.24. The van der Waals surface area contributed by atoms with Crippen LogP contribution in [0.25, 0.3) is 21.6 Å². The summed E-state index contributed by atoms with van der Waals surface area (Å²) in [6.07, 6.45) is 1.05. The van der Waals surface area contributed by atoms with Crippen LogP contribution in [0.15, 0.2) is 66.0 Å². The lowest BCUT2D eigenvalue weighted by Gasteiger charge is -2.34. The lowest BCUT2D eigenvalue weighted by Crippen LogP contribution is -2.49. The molecule has 0 spiro atoms. The molecule has 0 saturated carbocycles. The van der Waals surface area contributed by atoms with E-state index in [9.17, 15) is 4.79 Å². The van der Waals surface area contributed by atoms with Gasteiger partial charge in [0.1, 0.15) is 10.7 Å². The summed E-state index contributed by atoms with van der Waals surface area (Å²) in [5.41, 5.74) is 4.23. The Balaban J connectivity index is 1.23. The summed E-state index contributed by atoms with van der Waals surface area (Å²) >= 11 is 1.56. The average molecular weight is 445 g/mol. The van der Waals surface area contributed by atoms with Crippen LogP contribution >= 0.6 is 11.3 Å². The summed E-state index contributed by atoms with van der Waals surface area (Å²) in [5, 5.41) is 4.03. The molecular formula is C26H28N4OS. The van der Waals surface area contributed by atoms with Crippen LogP contribution in [-0.2, 0) is 13.0 Å². The number of nitrogens with zero attached hydrogens (tertiary/aromatic N) is 4. The molecule has 5 nitrogen and oxygen atoms in total. The standard InChI is InChI=1S/C26H28N4OS/c1-2-30-23-11-7-6-10-21(23)18-24(30)25-27-22(19-32-25)26(31)29-16-14-28(15-17-29)13-12-20-8-4-3-5-9-20/h3-11,18-19H,2,12-17H2,1H3. The van der Waals surface area contributed by atoms with Crippen LogP contribution in [0, 0.1) is 0 Å². The van der Waals surface area contributed by atoms with Crippen LogP contribution < -0.4 is 0 Å². The van der Waals surface area contributed by atoms with Crippen molar-refractivity contribution in [3.8, 4) is 10.7 Å². The number of fused-ring (bicyclic) bond motifs is 1. The van der Waals surface area contributed by atoms with E-state index in [2.05, 4.69) is 77.1 Å². The number of thiazole rings is 1. The smallest absolute Gasteiger partial charge is 0.273 e. The summed E-state index contributed by atoms with van der Waals surface area (Å²) in [4.78, 5) is 22.2. The van der Waals surface area contributed by atoms with E-state index in [0.29, 0.717) is 5.69 Å². The van der Waals surface area contributed by atoms with Crippen LogP contribution in [0.2, 0.25) is 0 Å². The highest BCUT2D eigenvalue weighted by Crippen LogP contribution is 2.30. The van der Waals surface area contributed by atoms with Gasteiger partial charge in [0.25, 0.3) is 5.91 Å². The molecule has 0 N–H and O–H groups in total. The Morgan fingerprint density at radius 3 is 2.53 bits per heavy atom. The molecule has 1 saturated heterocycles.